The van der Waals surface area contributed by atoms with E-state index in [1.807, 2.05) is 36.4 Å². The normalized spacial score (nSPS) is 11.2. The second kappa shape index (κ2) is 18.2. The van der Waals surface area contributed by atoms with Gasteiger partial charge in [-0.1, -0.05) is 206 Å². The van der Waals surface area contributed by atoms with Crippen LogP contribution in [0.2, 0.25) is 0 Å². The minimum absolute atomic E-state index is 1.08. The lowest BCUT2D eigenvalue weighted by Gasteiger charge is -2.26. The van der Waals surface area contributed by atoms with Gasteiger partial charge in [-0.05, 0) is 112 Å². The molecule has 0 aliphatic rings. The molecule has 0 aliphatic heterocycles. The molecule has 2 heterocycles. The molecule has 0 unspecified atom stereocenters. The summed E-state index contributed by atoms with van der Waals surface area (Å²) in [5.41, 5.74) is 17.5. The highest BCUT2D eigenvalue weighted by atomic mass is 15.1. The number of aromatic nitrogens is 2. The Morgan fingerprint density at radius 1 is 0.232 bits per heavy atom. The number of anilines is 3. The monoisotopic (exact) mass is 881 g/mol. The standard InChI is InChI=1S/C60H41N3.C6H6/c1-4-15-42(16-5-1)45-27-31-48(32-28-45)61(52-22-14-21-47(41-52)44-19-8-3-9-20-44)49-35-37-51(38-36-49)63-56-25-12-10-23-53(56)54-39-40-58-59(60(54)63)55-24-11-13-26-57(55)62(58)50-33-29-46(30-34-50)43-17-6-2-7-18-43;1-2-4-6-5-3-1/h1-41H;1-6H. The highest BCUT2D eigenvalue weighted by molar-refractivity contribution is 6.26. The minimum atomic E-state index is 1.08. The van der Waals surface area contributed by atoms with Crippen LogP contribution in [0, 0.1) is 0 Å². The quantitative estimate of drug-likeness (QED) is 0.148. The van der Waals surface area contributed by atoms with Crippen molar-refractivity contribution in [2.24, 2.45) is 0 Å². The van der Waals surface area contributed by atoms with Crippen molar-refractivity contribution in [2.75, 3.05) is 4.90 Å². The first-order valence-corrected chi connectivity index (χ1v) is 23.6. The SMILES string of the molecule is c1ccc(-c2ccc(N(c3ccc(-n4c5ccccc5c5ccc6c(c7ccccc7n6-c6ccc(-c7ccccc7)cc6)c54)cc3)c3cccc(-c4ccccc4)c3)cc2)cc1.c1ccccc1. The van der Waals surface area contributed by atoms with Crippen molar-refractivity contribution in [1.29, 1.82) is 0 Å². The van der Waals surface area contributed by atoms with Crippen LogP contribution in [-0.4, -0.2) is 9.13 Å². The van der Waals surface area contributed by atoms with E-state index in [0.29, 0.717) is 0 Å². The van der Waals surface area contributed by atoms with Crippen molar-refractivity contribution in [3.05, 3.63) is 285 Å². The molecule has 69 heavy (non-hydrogen) atoms. The van der Waals surface area contributed by atoms with E-state index in [0.717, 1.165) is 28.4 Å². The van der Waals surface area contributed by atoms with Crippen LogP contribution < -0.4 is 4.90 Å². The molecule has 0 aliphatic carbocycles. The largest absolute Gasteiger partial charge is 0.310 e. The molecule has 0 atom stereocenters. The van der Waals surface area contributed by atoms with E-state index in [1.165, 1.54) is 77.0 Å². The summed E-state index contributed by atoms with van der Waals surface area (Å²) in [4.78, 5) is 2.37. The molecule has 0 N–H and O–H groups in total. The molecule has 0 bridgehead atoms. The zero-order chi connectivity index (χ0) is 45.9. The third-order valence-electron chi connectivity index (χ3n) is 13.2. The summed E-state index contributed by atoms with van der Waals surface area (Å²) in [5.74, 6) is 0. The summed E-state index contributed by atoms with van der Waals surface area (Å²) in [7, 11) is 0. The Bertz CT molecular complexity index is 3810. The second-order valence-corrected chi connectivity index (χ2v) is 17.3. The third kappa shape index (κ3) is 7.82. The number of hydrogen-bond donors (Lipinski definition) is 0. The van der Waals surface area contributed by atoms with E-state index in [9.17, 15) is 0 Å². The van der Waals surface area contributed by atoms with Crippen LogP contribution in [0.4, 0.5) is 17.1 Å². The van der Waals surface area contributed by atoms with Gasteiger partial charge in [-0.15, -0.1) is 0 Å². The maximum atomic E-state index is 2.47. The van der Waals surface area contributed by atoms with Crippen molar-refractivity contribution >= 4 is 60.7 Å². The number of benzene rings is 11. The van der Waals surface area contributed by atoms with Crippen LogP contribution in [0.15, 0.2) is 285 Å². The smallest absolute Gasteiger partial charge is 0.0641 e. The first kappa shape index (κ1) is 41.3. The Kier molecular flexibility index (Phi) is 10.9. The van der Waals surface area contributed by atoms with Crippen molar-refractivity contribution < 1.29 is 0 Å². The summed E-state index contributed by atoms with van der Waals surface area (Å²) in [6.45, 7) is 0. The molecule has 0 spiro atoms. The number of fused-ring (bicyclic) bond motifs is 7. The maximum Gasteiger partial charge on any atom is 0.0641 e. The summed E-state index contributed by atoms with van der Waals surface area (Å²) in [5, 5.41) is 4.95. The first-order chi connectivity index (χ1) is 34.3. The molecule has 13 rings (SSSR count). The number of rotatable bonds is 8. The van der Waals surface area contributed by atoms with E-state index in [-0.39, 0.29) is 0 Å². The molecule has 11 aromatic carbocycles. The number of para-hydroxylation sites is 2. The Labute approximate surface area is 402 Å². The van der Waals surface area contributed by atoms with Crippen LogP contribution in [-0.2, 0) is 0 Å². The predicted molar refractivity (Wildman–Crippen MR) is 293 cm³/mol. The second-order valence-electron chi connectivity index (χ2n) is 17.3. The zero-order valence-electron chi connectivity index (χ0n) is 38.0. The van der Waals surface area contributed by atoms with E-state index < -0.39 is 0 Å². The molecule has 3 heteroatoms. The van der Waals surface area contributed by atoms with Gasteiger partial charge in [-0.25, -0.2) is 0 Å². The highest BCUT2D eigenvalue weighted by Crippen LogP contribution is 2.43. The molecule has 0 saturated heterocycles. The van der Waals surface area contributed by atoms with Crippen molar-refractivity contribution in [3.8, 4) is 44.8 Å². The lowest BCUT2D eigenvalue weighted by atomic mass is 10.0. The fraction of sp³-hybridized carbons (Fsp3) is 0. The molecule has 2 aromatic heterocycles. The van der Waals surface area contributed by atoms with Gasteiger partial charge in [0.2, 0.25) is 0 Å². The van der Waals surface area contributed by atoms with Crippen LogP contribution in [0.3, 0.4) is 0 Å². The first-order valence-electron chi connectivity index (χ1n) is 23.6. The summed E-state index contributed by atoms with van der Waals surface area (Å²) in [6, 6.07) is 102. The maximum absolute atomic E-state index is 2.47. The average Bonchev–Trinajstić information content (AvgIpc) is 3.96. The van der Waals surface area contributed by atoms with Gasteiger partial charge < -0.3 is 14.0 Å². The molecule has 0 amide bonds. The van der Waals surface area contributed by atoms with Crippen LogP contribution in [0.1, 0.15) is 0 Å². The predicted octanol–water partition coefficient (Wildman–Crippen LogP) is 18.0. The molecule has 326 valence electrons. The summed E-state index contributed by atoms with van der Waals surface area (Å²) in [6.07, 6.45) is 0. The molecule has 0 radical (unpaired) electrons. The molecular formula is C66H47N3. The lowest BCUT2D eigenvalue weighted by Crippen LogP contribution is -2.10. The molecule has 3 nitrogen and oxygen atoms in total. The third-order valence-corrected chi connectivity index (χ3v) is 13.2. The Morgan fingerprint density at radius 3 is 1.22 bits per heavy atom. The van der Waals surface area contributed by atoms with Gasteiger partial charge in [0.05, 0.1) is 22.1 Å². The van der Waals surface area contributed by atoms with Gasteiger partial charge in [0.15, 0.2) is 0 Å². The van der Waals surface area contributed by atoms with Crippen molar-refractivity contribution in [3.63, 3.8) is 0 Å². The van der Waals surface area contributed by atoms with Gasteiger partial charge in [0.25, 0.3) is 0 Å². The van der Waals surface area contributed by atoms with Crippen LogP contribution in [0.5, 0.6) is 0 Å². The lowest BCUT2D eigenvalue weighted by molar-refractivity contribution is 1.17. The van der Waals surface area contributed by atoms with Gasteiger partial charge in [0, 0.05) is 50.0 Å². The minimum Gasteiger partial charge on any atom is -0.310 e. The van der Waals surface area contributed by atoms with Gasteiger partial charge >= 0.3 is 0 Å². The number of nitrogens with zero attached hydrogens (tertiary/aromatic N) is 3. The van der Waals surface area contributed by atoms with E-state index in [4.69, 9.17) is 0 Å². The molecule has 13 aromatic rings. The van der Waals surface area contributed by atoms with Crippen molar-refractivity contribution in [1.82, 2.24) is 9.13 Å². The summed E-state index contributed by atoms with van der Waals surface area (Å²) >= 11 is 0. The zero-order valence-corrected chi connectivity index (χ0v) is 38.0. The molecular weight excluding hydrogens is 835 g/mol. The fourth-order valence-electron chi connectivity index (χ4n) is 9.96. The highest BCUT2D eigenvalue weighted by Gasteiger charge is 2.22. The fourth-order valence-corrected chi connectivity index (χ4v) is 9.96. The number of hydrogen-bond acceptors (Lipinski definition) is 1. The van der Waals surface area contributed by atoms with E-state index in [1.54, 1.807) is 0 Å². The topological polar surface area (TPSA) is 13.1 Å². The Hall–Kier alpha value is -9.18. The van der Waals surface area contributed by atoms with Gasteiger partial charge in [0.1, 0.15) is 0 Å². The molecule has 0 saturated carbocycles. The Morgan fingerprint density at radius 2 is 0.638 bits per heavy atom. The van der Waals surface area contributed by atoms with E-state index in [2.05, 4.69) is 263 Å². The van der Waals surface area contributed by atoms with Crippen LogP contribution >= 0.6 is 0 Å². The van der Waals surface area contributed by atoms with Gasteiger partial charge in [-0.3, -0.25) is 0 Å². The van der Waals surface area contributed by atoms with Gasteiger partial charge in [-0.2, -0.15) is 0 Å². The molecule has 0 fully saturated rings. The van der Waals surface area contributed by atoms with Crippen molar-refractivity contribution in [2.45, 2.75) is 0 Å². The Balaban J connectivity index is 0.000000765. The van der Waals surface area contributed by atoms with Crippen LogP contribution in [0.25, 0.3) is 88.4 Å². The summed E-state index contributed by atoms with van der Waals surface area (Å²) < 4.78 is 4.90. The van der Waals surface area contributed by atoms with E-state index >= 15 is 0 Å². The average molecular weight is 882 g/mol.